The maximum absolute atomic E-state index is 13.1. The van der Waals surface area contributed by atoms with Crippen molar-refractivity contribution in [3.8, 4) is 0 Å². The van der Waals surface area contributed by atoms with Crippen molar-refractivity contribution in [3.63, 3.8) is 0 Å². The molecule has 3 rings (SSSR count). The number of aromatic nitrogens is 1. The van der Waals surface area contributed by atoms with Gasteiger partial charge in [-0.2, -0.15) is 0 Å². The number of rotatable bonds is 7. The summed E-state index contributed by atoms with van der Waals surface area (Å²) in [5, 5.41) is 2.97. The molecule has 6 nitrogen and oxygen atoms in total. The summed E-state index contributed by atoms with van der Waals surface area (Å²) in [6.45, 7) is 4.87. The van der Waals surface area contributed by atoms with Crippen LogP contribution in [0.25, 0.3) is 0 Å². The number of pyridine rings is 1. The quantitative estimate of drug-likeness (QED) is 0.741. The molecule has 1 amide bonds. The van der Waals surface area contributed by atoms with E-state index in [9.17, 15) is 9.18 Å². The Kier molecular flexibility index (Phi) is 6.81. The Morgan fingerprint density at radius 1 is 1.11 bits per heavy atom. The zero-order valence-electron chi connectivity index (χ0n) is 16.6. The standard InChI is InChI=1S/C21H28FN5O/c1-25(2)11-3-9-24-21(28)17-8-10-23-20(16-17)27-14-12-26(13-15-27)19-6-4-18(22)5-7-19/h4-8,10,16H,3,9,11-15H2,1-2H3,(H,24,28). The molecular formula is C21H28FN5O. The molecule has 150 valence electrons. The van der Waals surface area contributed by atoms with Crippen LogP contribution < -0.4 is 15.1 Å². The molecule has 0 saturated carbocycles. The summed E-state index contributed by atoms with van der Waals surface area (Å²) in [6, 6.07) is 10.2. The van der Waals surface area contributed by atoms with Crippen molar-refractivity contribution in [2.45, 2.75) is 6.42 Å². The molecule has 1 aliphatic heterocycles. The SMILES string of the molecule is CN(C)CCCNC(=O)c1ccnc(N2CCN(c3ccc(F)cc3)CC2)c1. The predicted octanol–water partition coefficient (Wildman–Crippen LogP) is 2.23. The monoisotopic (exact) mass is 385 g/mol. The lowest BCUT2D eigenvalue weighted by Gasteiger charge is -2.36. The van der Waals surface area contributed by atoms with Crippen LogP contribution in [0.3, 0.4) is 0 Å². The smallest absolute Gasteiger partial charge is 0.251 e. The van der Waals surface area contributed by atoms with Crippen LogP contribution in [0.1, 0.15) is 16.8 Å². The number of hydrogen-bond acceptors (Lipinski definition) is 5. The van der Waals surface area contributed by atoms with E-state index in [-0.39, 0.29) is 11.7 Å². The van der Waals surface area contributed by atoms with Gasteiger partial charge in [-0.05, 0) is 63.5 Å². The van der Waals surface area contributed by atoms with E-state index >= 15 is 0 Å². The van der Waals surface area contributed by atoms with Gasteiger partial charge in [-0.1, -0.05) is 0 Å². The van der Waals surface area contributed by atoms with Crippen molar-refractivity contribution >= 4 is 17.4 Å². The molecular weight excluding hydrogens is 357 g/mol. The van der Waals surface area contributed by atoms with Gasteiger partial charge >= 0.3 is 0 Å². The van der Waals surface area contributed by atoms with Gasteiger partial charge in [0.1, 0.15) is 11.6 Å². The number of hydrogen-bond donors (Lipinski definition) is 1. The Bertz CT molecular complexity index is 773. The molecule has 1 fully saturated rings. The van der Waals surface area contributed by atoms with E-state index in [1.165, 1.54) is 12.1 Å². The fraction of sp³-hybridized carbons (Fsp3) is 0.429. The van der Waals surface area contributed by atoms with Gasteiger partial charge in [0.05, 0.1) is 0 Å². The van der Waals surface area contributed by atoms with Crippen LogP contribution in [0.2, 0.25) is 0 Å². The number of nitrogens with zero attached hydrogens (tertiary/aromatic N) is 4. The van der Waals surface area contributed by atoms with Crippen molar-refractivity contribution in [1.29, 1.82) is 0 Å². The van der Waals surface area contributed by atoms with Gasteiger partial charge in [0.25, 0.3) is 5.91 Å². The van der Waals surface area contributed by atoms with Crippen LogP contribution in [-0.2, 0) is 0 Å². The average molecular weight is 385 g/mol. The number of carbonyl (C=O) groups excluding carboxylic acids is 1. The normalized spacial score (nSPS) is 14.4. The minimum absolute atomic E-state index is 0.0626. The summed E-state index contributed by atoms with van der Waals surface area (Å²) in [5.41, 5.74) is 1.66. The van der Waals surface area contributed by atoms with E-state index in [1.54, 1.807) is 12.3 Å². The maximum Gasteiger partial charge on any atom is 0.251 e. The van der Waals surface area contributed by atoms with Crippen molar-refractivity contribution in [2.75, 3.05) is 63.2 Å². The van der Waals surface area contributed by atoms with Gasteiger partial charge in [-0.25, -0.2) is 9.37 Å². The Morgan fingerprint density at radius 2 is 1.79 bits per heavy atom. The van der Waals surface area contributed by atoms with Gasteiger partial charge in [0.2, 0.25) is 0 Å². The first-order chi connectivity index (χ1) is 13.5. The first-order valence-electron chi connectivity index (χ1n) is 9.67. The molecule has 2 heterocycles. The number of benzene rings is 1. The van der Waals surface area contributed by atoms with E-state index in [2.05, 4.69) is 25.0 Å². The predicted molar refractivity (Wildman–Crippen MR) is 111 cm³/mol. The molecule has 0 radical (unpaired) electrons. The fourth-order valence-corrected chi connectivity index (χ4v) is 3.28. The number of amides is 1. The van der Waals surface area contributed by atoms with Gasteiger partial charge < -0.3 is 20.0 Å². The summed E-state index contributed by atoms with van der Waals surface area (Å²) in [7, 11) is 4.04. The van der Waals surface area contributed by atoms with Crippen molar-refractivity contribution in [3.05, 3.63) is 54.0 Å². The third-order valence-corrected chi connectivity index (χ3v) is 4.87. The molecule has 2 aromatic rings. The summed E-state index contributed by atoms with van der Waals surface area (Å²) in [4.78, 5) is 23.3. The molecule has 1 aromatic heterocycles. The zero-order valence-corrected chi connectivity index (χ0v) is 16.6. The lowest BCUT2D eigenvalue weighted by Crippen LogP contribution is -2.46. The average Bonchev–Trinajstić information content (AvgIpc) is 2.72. The highest BCUT2D eigenvalue weighted by molar-refractivity contribution is 5.94. The highest BCUT2D eigenvalue weighted by atomic mass is 19.1. The lowest BCUT2D eigenvalue weighted by molar-refractivity contribution is 0.0952. The van der Waals surface area contributed by atoms with Crippen LogP contribution in [0.4, 0.5) is 15.9 Å². The molecule has 1 aromatic carbocycles. The van der Waals surface area contributed by atoms with Crippen LogP contribution in [0.15, 0.2) is 42.6 Å². The maximum atomic E-state index is 13.1. The van der Waals surface area contributed by atoms with Crippen LogP contribution in [0, 0.1) is 5.82 Å². The molecule has 28 heavy (non-hydrogen) atoms. The van der Waals surface area contributed by atoms with E-state index in [4.69, 9.17) is 0 Å². The van der Waals surface area contributed by atoms with Crippen LogP contribution in [-0.4, -0.2) is 69.2 Å². The van der Waals surface area contributed by atoms with E-state index < -0.39 is 0 Å². The molecule has 1 aliphatic rings. The topological polar surface area (TPSA) is 51.7 Å². The molecule has 0 spiro atoms. The number of carbonyl (C=O) groups is 1. The molecule has 1 saturated heterocycles. The summed E-state index contributed by atoms with van der Waals surface area (Å²) in [6.07, 6.45) is 2.61. The van der Waals surface area contributed by atoms with Crippen molar-refractivity contribution < 1.29 is 9.18 Å². The second-order valence-corrected chi connectivity index (χ2v) is 7.27. The molecule has 0 unspecified atom stereocenters. The van der Waals surface area contributed by atoms with Gasteiger partial charge in [0, 0.05) is 50.2 Å². The molecule has 0 atom stereocenters. The molecule has 0 bridgehead atoms. The van der Waals surface area contributed by atoms with E-state index in [1.807, 2.05) is 32.3 Å². The number of nitrogens with one attached hydrogen (secondary N) is 1. The van der Waals surface area contributed by atoms with Gasteiger partial charge in [-0.15, -0.1) is 0 Å². The number of piperazine rings is 1. The summed E-state index contributed by atoms with van der Waals surface area (Å²) < 4.78 is 13.1. The van der Waals surface area contributed by atoms with Crippen LogP contribution >= 0.6 is 0 Å². The Labute approximate surface area is 166 Å². The van der Waals surface area contributed by atoms with E-state index in [0.717, 1.165) is 50.6 Å². The van der Waals surface area contributed by atoms with Gasteiger partial charge in [0.15, 0.2) is 0 Å². The van der Waals surface area contributed by atoms with Crippen LogP contribution in [0.5, 0.6) is 0 Å². The lowest BCUT2D eigenvalue weighted by atomic mass is 10.2. The van der Waals surface area contributed by atoms with Crippen molar-refractivity contribution in [1.82, 2.24) is 15.2 Å². The fourth-order valence-electron chi connectivity index (χ4n) is 3.28. The zero-order chi connectivity index (χ0) is 19.9. The largest absolute Gasteiger partial charge is 0.368 e. The van der Waals surface area contributed by atoms with Gasteiger partial charge in [-0.3, -0.25) is 4.79 Å². The first-order valence-corrected chi connectivity index (χ1v) is 9.67. The van der Waals surface area contributed by atoms with Crippen molar-refractivity contribution in [2.24, 2.45) is 0 Å². The third-order valence-electron chi connectivity index (χ3n) is 4.87. The molecule has 0 aliphatic carbocycles. The number of anilines is 2. The minimum Gasteiger partial charge on any atom is -0.368 e. The Hall–Kier alpha value is -2.67. The summed E-state index contributed by atoms with van der Waals surface area (Å²) >= 11 is 0. The third kappa shape index (κ3) is 5.42. The Morgan fingerprint density at radius 3 is 2.46 bits per heavy atom. The first kappa shape index (κ1) is 20.1. The highest BCUT2D eigenvalue weighted by Gasteiger charge is 2.19. The number of halogens is 1. The second kappa shape index (κ2) is 9.50. The molecule has 7 heteroatoms. The van der Waals surface area contributed by atoms with E-state index in [0.29, 0.717) is 12.1 Å². The Balaban J connectivity index is 1.54. The minimum atomic E-state index is -0.219. The highest BCUT2D eigenvalue weighted by Crippen LogP contribution is 2.20. The molecule has 1 N–H and O–H groups in total. The second-order valence-electron chi connectivity index (χ2n) is 7.27. The summed E-state index contributed by atoms with van der Waals surface area (Å²) in [5.74, 6) is 0.537.